The summed E-state index contributed by atoms with van der Waals surface area (Å²) in [7, 11) is 0. The van der Waals surface area contributed by atoms with E-state index in [1.54, 1.807) is 35.2 Å². The SMILES string of the molecule is O=C(Nc1ccc2c(c1)OCCO2)C1CCN(C(=O)c2ccccc2F)CC1. The Morgan fingerprint density at radius 2 is 1.71 bits per heavy atom. The number of fused-ring (bicyclic) bond motifs is 1. The van der Waals surface area contributed by atoms with Gasteiger partial charge in [-0.05, 0) is 37.1 Å². The molecule has 0 saturated carbocycles. The molecule has 0 spiro atoms. The maximum absolute atomic E-state index is 13.8. The lowest BCUT2D eigenvalue weighted by atomic mass is 9.95. The Bertz CT molecular complexity index is 894. The lowest BCUT2D eigenvalue weighted by Gasteiger charge is -2.31. The zero-order valence-corrected chi connectivity index (χ0v) is 15.3. The first kappa shape index (κ1) is 18.3. The molecule has 2 aliphatic rings. The highest BCUT2D eigenvalue weighted by molar-refractivity contribution is 5.95. The minimum Gasteiger partial charge on any atom is -0.486 e. The fraction of sp³-hybridized carbons (Fsp3) is 0.333. The minimum atomic E-state index is -0.522. The summed E-state index contributed by atoms with van der Waals surface area (Å²) in [5.41, 5.74) is 0.723. The van der Waals surface area contributed by atoms with Crippen molar-refractivity contribution in [2.45, 2.75) is 12.8 Å². The Morgan fingerprint density at radius 3 is 2.46 bits per heavy atom. The smallest absolute Gasteiger partial charge is 0.256 e. The Balaban J connectivity index is 1.34. The molecule has 1 fully saturated rings. The van der Waals surface area contributed by atoms with E-state index in [4.69, 9.17) is 9.47 Å². The van der Waals surface area contributed by atoms with Crippen molar-refractivity contribution >= 4 is 17.5 Å². The van der Waals surface area contributed by atoms with Crippen molar-refractivity contribution in [3.05, 3.63) is 53.8 Å². The zero-order chi connectivity index (χ0) is 19.5. The number of carbonyl (C=O) groups excluding carboxylic acids is 2. The van der Waals surface area contributed by atoms with E-state index in [0.29, 0.717) is 56.3 Å². The van der Waals surface area contributed by atoms with Gasteiger partial charge < -0.3 is 19.7 Å². The normalized spacial score (nSPS) is 16.5. The minimum absolute atomic E-state index is 0.0710. The lowest BCUT2D eigenvalue weighted by molar-refractivity contribution is -0.121. The molecule has 28 heavy (non-hydrogen) atoms. The predicted molar refractivity (Wildman–Crippen MR) is 101 cm³/mol. The van der Waals surface area contributed by atoms with E-state index in [9.17, 15) is 14.0 Å². The average molecular weight is 384 g/mol. The van der Waals surface area contributed by atoms with Gasteiger partial charge in [0.2, 0.25) is 5.91 Å². The van der Waals surface area contributed by atoms with Crippen LogP contribution in [0.4, 0.5) is 10.1 Å². The Morgan fingerprint density at radius 1 is 1.00 bits per heavy atom. The molecular formula is C21H21FN2O4. The first-order chi connectivity index (χ1) is 13.6. The van der Waals surface area contributed by atoms with E-state index < -0.39 is 5.82 Å². The van der Waals surface area contributed by atoms with Gasteiger partial charge in [0.05, 0.1) is 5.56 Å². The van der Waals surface area contributed by atoms with Gasteiger partial charge >= 0.3 is 0 Å². The van der Waals surface area contributed by atoms with Gasteiger partial charge in [0, 0.05) is 30.8 Å². The van der Waals surface area contributed by atoms with E-state index in [1.807, 2.05) is 0 Å². The maximum atomic E-state index is 13.8. The third-order valence-electron chi connectivity index (χ3n) is 5.07. The molecule has 0 radical (unpaired) electrons. The number of halogens is 1. The molecule has 2 aromatic carbocycles. The molecule has 146 valence electrons. The second-order valence-corrected chi connectivity index (χ2v) is 6.89. The molecule has 0 atom stereocenters. The number of amides is 2. The van der Waals surface area contributed by atoms with E-state index in [-0.39, 0.29) is 23.3 Å². The molecule has 6 nitrogen and oxygen atoms in total. The van der Waals surface area contributed by atoms with Crippen LogP contribution in [-0.2, 0) is 4.79 Å². The van der Waals surface area contributed by atoms with Crippen molar-refractivity contribution in [2.24, 2.45) is 5.92 Å². The predicted octanol–water partition coefficient (Wildman–Crippen LogP) is 3.09. The highest BCUT2D eigenvalue weighted by atomic mass is 19.1. The van der Waals surface area contributed by atoms with Gasteiger partial charge in [0.25, 0.3) is 5.91 Å². The van der Waals surface area contributed by atoms with Gasteiger partial charge in [-0.1, -0.05) is 12.1 Å². The van der Waals surface area contributed by atoms with Crippen molar-refractivity contribution in [2.75, 3.05) is 31.6 Å². The van der Waals surface area contributed by atoms with Crippen LogP contribution >= 0.6 is 0 Å². The number of likely N-dealkylation sites (tertiary alicyclic amines) is 1. The van der Waals surface area contributed by atoms with Crippen LogP contribution in [-0.4, -0.2) is 43.0 Å². The lowest BCUT2D eigenvalue weighted by Crippen LogP contribution is -2.41. The number of carbonyl (C=O) groups is 2. The second-order valence-electron chi connectivity index (χ2n) is 6.89. The molecule has 0 aliphatic carbocycles. The van der Waals surface area contributed by atoms with Crippen molar-refractivity contribution in [1.29, 1.82) is 0 Å². The summed E-state index contributed by atoms with van der Waals surface area (Å²) in [6.45, 7) is 1.85. The van der Waals surface area contributed by atoms with E-state index in [2.05, 4.69) is 5.32 Å². The van der Waals surface area contributed by atoms with E-state index in [1.165, 1.54) is 12.1 Å². The molecule has 1 saturated heterocycles. The number of piperidine rings is 1. The van der Waals surface area contributed by atoms with Gasteiger partial charge in [0.1, 0.15) is 19.0 Å². The Hall–Kier alpha value is -3.09. The third-order valence-corrected chi connectivity index (χ3v) is 5.07. The highest BCUT2D eigenvalue weighted by Crippen LogP contribution is 2.33. The maximum Gasteiger partial charge on any atom is 0.256 e. The third kappa shape index (κ3) is 3.78. The number of anilines is 1. The summed E-state index contributed by atoms with van der Waals surface area (Å²) >= 11 is 0. The van der Waals surface area contributed by atoms with Gasteiger partial charge in [0.15, 0.2) is 11.5 Å². The molecule has 2 heterocycles. The molecule has 0 bridgehead atoms. The zero-order valence-electron chi connectivity index (χ0n) is 15.3. The van der Waals surface area contributed by atoms with Crippen LogP contribution in [0.25, 0.3) is 0 Å². The van der Waals surface area contributed by atoms with Crippen LogP contribution in [0.15, 0.2) is 42.5 Å². The number of nitrogens with zero attached hydrogens (tertiary/aromatic N) is 1. The summed E-state index contributed by atoms with van der Waals surface area (Å²) in [4.78, 5) is 26.7. The standard InChI is InChI=1S/C21H21FN2O4/c22-17-4-2-1-3-16(17)21(26)24-9-7-14(8-10-24)20(25)23-15-5-6-18-19(13-15)28-12-11-27-18/h1-6,13-14H,7-12H2,(H,23,25). The van der Waals surface area contributed by atoms with Gasteiger partial charge in [-0.3, -0.25) is 9.59 Å². The summed E-state index contributed by atoms with van der Waals surface area (Å²) in [6.07, 6.45) is 1.08. The van der Waals surface area contributed by atoms with Crippen LogP contribution in [0.1, 0.15) is 23.2 Å². The number of nitrogens with one attached hydrogen (secondary N) is 1. The molecule has 1 N–H and O–H groups in total. The topological polar surface area (TPSA) is 67.9 Å². The first-order valence-corrected chi connectivity index (χ1v) is 9.36. The van der Waals surface area contributed by atoms with Crippen LogP contribution in [0.2, 0.25) is 0 Å². The number of benzene rings is 2. The van der Waals surface area contributed by atoms with Crippen LogP contribution in [0.3, 0.4) is 0 Å². The van der Waals surface area contributed by atoms with Gasteiger partial charge in [-0.2, -0.15) is 0 Å². The summed E-state index contributed by atoms with van der Waals surface area (Å²) < 4.78 is 24.8. The first-order valence-electron chi connectivity index (χ1n) is 9.36. The molecular weight excluding hydrogens is 363 g/mol. The Labute approximate surface area is 162 Å². The molecule has 2 amide bonds. The number of ether oxygens (including phenoxy) is 2. The fourth-order valence-corrected chi connectivity index (χ4v) is 3.52. The molecule has 7 heteroatoms. The fourth-order valence-electron chi connectivity index (χ4n) is 3.52. The molecule has 0 aromatic heterocycles. The summed E-state index contributed by atoms with van der Waals surface area (Å²) in [6, 6.07) is 11.3. The van der Waals surface area contributed by atoms with Crippen molar-refractivity contribution < 1.29 is 23.5 Å². The molecule has 0 unspecified atom stereocenters. The average Bonchev–Trinajstić information content (AvgIpc) is 2.73. The highest BCUT2D eigenvalue weighted by Gasteiger charge is 2.29. The molecule has 4 rings (SSSR count). The van der Waals surface area contributed by atoms with Gasteiger partial charge in [-0.15, -0.1) is 0 Å². The van der Waals surface area contributed by atoms with Crippen LogP contribution in [0.5, 0.6) is 11.5 Å². The quantitative estimate of drug-likeness (QED) is 0.883. The van der Waals surface area contributed by atoms with Crippen LogP contribution in [0, 0.1) is 11.7 Å². The van der Waals surface area contributed by atoms with Crippen molar-refractivity contribution in [3.63, 3.8) is 0 Å². The molecule has 2 aromatic rings. The largest absolute Gasteiger partial charge is 0.486 e. The number of hydrogen-bond donors (Lipinski definition) is 1. The second kappa shape index (κ2) is 7.88. The summed E-state index contributed by atoms with van der Waals surface area (Å²) in [5.74, 6) is 0.154. The van der Waals surface area contributed by atoms with Gasteiger partial charge in [-0.25, -0.2) is 4.39 Å². The summed E-state index contributed by atoms with van der Waals surface area (Å²) in [5, 5.41) is 2.91. The Kier molecular flexibility index (Phi) is 5.14. The van der Waals surface area contributed by atoms with Crippen molar-refractivity contribution in [1.82, 2.24) is 4.90 Å². The van der Waals surface area contributed by atoms with Crippen molar-refractivity contribution in [3.8, 4) is 11.5 Å². The number of hydrogen-bond acceptors (Lipinski definition) is 4. The van der Waals surface area contributed by atoms with E-state index in [0.717, 1.165) is 0 Å². The monoisotopic (exact) mass is 384 g/mol. The molecule has 2 aliphatic heterocycles. The van der Waals surface area contributed by atoms with Crippen LogP contribution < -0.4 is 14.8 Å². The number of rotatable bonds is 3. The van der Waals surface area contributed by atoms with E-state index >= 15 is 0 Å².